The number of anilines is 1. The van der Waals surface area contributed by atoms with Crippen LogP contribution in [0.5, 0.6) is 5.75 Å². The summed E-state index contributed by atoms with van der Waals surface area (Å²) in [6, 6.07) is 7.27. The third-order valence-corrected chi connectivity index (χ3v) is 3.79. The molecule has 1 unspecified atom stereocenters. The van der Waals surface area contributed by atoms with Crippen LogP contribution in [0.4, 0.5) is 10.5 Å². The molecule has 0 N–H and O–H groups in total. The molecule has 1 aromatic rings. The van der Waals surface area contributed by atoms with Gasteiger partial charge in [0.05, 0.1) is 13.5 Å². The first kappa shape index (κ1) is 18.1. The maximum absolute atomic E-state index is 12.4. The molecule has 6 heteroatoms. The fraction of sp³-hybridized carbons (Fsp3) is 0.556. The highest BCUT2D eigenvalue weighted by Gasteiger charge is 2.32. The normalized spacial score (nSPS) is 18.5. The molecule has 0 aliphatic carbocycles. The van der Waals surface area contributed by atoms with Crippen molar-refractivity contribution in [3.63, 3.8) is 0 Å². The lowest BCUT2D eigenvalue weighted by molar-refractivity contribution is -0.156. The summed E-state index contributed by atoms with van der Waals surface area (Å²) in [5.74, 6) is 0.538. The molecule has 1 fully saturated rings. The van der Waals surface area contributed by atoms with Gasteiger partial charge in [0.25, 0.3) is 0 Å². The summed E-state index contributed by atoms with van der Waals surface area (Å²) in [4.78, 5) is 27.9. The van der Waals surface area contributed by atoms with E-state index in [2.05, 4.69) is 0 Å². The SMILES string of the molecule is COc1ccc(N2CC(CC(=O)OC(C)(C)C)CN(C)C2=O)cc1. The number of esters is 1. The van der Waals surface area contributed by atoms with Crippen molar-refractivity contribution in [2.75, 3.05) is 32.1 Å². The average Bonchev–Trinajstić information content (AvgIpc) is 2.49. The Labute approximate surface area is 143 Å². The molecule has 24 heavy (non-hydrogen) atoms. The summed E-state index contributed by atoms with van der Waals surface area (Å²) in [6.45, 7) is 6.60. The summed E-state index contributed by atoms with van der Waals surface area (Å²) >= 11 is 0. The van der Waals surface area contributed by atoms with Gasteiger partial charge in [-0.05, 0) is 45.0 Å². The second-order valence-electron chi connectivity index (χ2n) is 7.13. The largest absolute Gasteiger partial charge is 0.497 e. The van der Waals surface area contributed by atoms with Crippen molar-refractivity contribution < 1.29 is 19.1 Å². The van der Waals surface area contributed by atoms with E-state index in [-0.39, 0.29) is 17.9 Å². The van der Waals surface area contributed by atoms with Crippen LogP contribution in [0.25, 0.3) is 0 Å². The summed E-state index contributed by atoms with van der Waals surface area (Å²) in [7, 11) is 3.35. The Morgan fingerprint density at radius 2 is 1.83 bits per heavy atom. The van der Waals surface area contributed by atoms with Crippen LogP contribution in [0.2, 0.25) is 0 Å². The molecule has 132 valence electrons. The van der Waals surface area contributed by atoms with Gasteiger partial charge in [-0.25, -0.2) is 4.79 Å². The Balaban J connectivity index is 2.08. The Morgan fingerprint density at radius 1 is 1.21 bits per heavy atom. The van der Waals surface area contributed by atoms with Gasteiger partial charge in [0.15, 0.2) is 0 Å². The third kappa shape index (κ3) is 4.63. The Hall–Kier alpha value is -2.24. The molecule has 1 heterocycles. The molecule has 0 bridgehead atoms. The molecular weight excluding hydrogens is 308 g/mol. The molecule has 2 rings (SSSR count). The first-order valence-electron chi connectivity index (χ1n) is 8.08. The lowest BCUT2D eigenvalue weighted by atomic mass is 10.0. The Morgan fingerprint density at radius 3 is 2.38 bits per heavy atom. The van der Waals surface area contributed by atoms with Gasteiger partial charge in [-0.1, -0.05) is 0 Å². The second kappa shape index (κ2) is 7.11. The highest BCUT2D eigenvalue weighted by Crippen LogP contribution is 2.26. The van der Waals surface area contributed by atoms with Crippen LogP contribution < -0.4 is 9.64 Å². The number of nitrogens with zero attached hydrogens (tertiary/aromatic N) is 2. The summed E-state index contributed by atoms with van der Waals surface area (Å²) < 4.78 is 10.5. The van der Waals surface area contributed by atoms with Crippen LogP contribution in [0.3, 0.4) is 0 Å². The number of carbonyl (C=O) groups is 2. The Kier molecular flexibility index (Phi) is 5.36. The smallest absolute Gasteiger partial charge is 0.324 e. The number of hydrogen-bond acceptors (Lipinski definition) is 4. The molecule has 1 aliphatic heterocycles. The van der Waals surface area contributed by atoms with Crippen molar-refractivity contribution in [3.05, 3.63) is 24.3 Å². The average molecular weight is 334 g/mol. The lowest BCUT2D eigenvalue weighted by Gasteiger charge is -2.38. The fourth-order valence-electron chi connectivity index (χ4n) is 2.79. The highest BCUT2D eigenvalue weighted by atomic mass is 16.6. The minimum atomic E-state index is -0.497. The van der Waals surface area contributed by atoms with E-state index in [0.29, 0.717) is 19.5 Å². The number of urea groups is 1. The van der Waals surface area contributed by atoms with Crippen molar-refractivity contribution in [1.82, 2.24) is 4.90 Å². The van der Waals surface area contributed by atoms with E-state index in [9.17, 15) is 9.59 Å². The first-order valence-corrected chi connectivity index (χ1v) is 8.08. The second-order valence-corrected chi connectivity index (χ2v) is 7.13. The summed E-state index contributed by atoms with van der Waals surface area (Å²) in [5.41, 5.74) is 0.296. The predicted octanol–water partition coefficient (Wildman–Crippen LogP) is 2.92. The van der Waals surface area contributed by atoms with Gasteiger partial charge >= 0.3 is 12.0 Å². The first-order chi connectivity index (χ1) is 11.2. The van der Waals surface area contributed by atoms with Crippen LogP contribution in [-0.2, 0) is 9.53 Å². The zero-order chi connectivity index (χ0) is 17.9. The van der Waals surface area contributed by atoms with Gasteiger partial charge in [-0.2, -0.15) is 0 Å². The van der Waals surface area contributed by atoms with E-state index in [1.165, 1.54) is 0 Å². The maximum atomic E-state index is 12.4. The zero-order valence-electron chi connectivity index (χ0n) is 15.0. The maximum Gasteiger partial charge on any atom is 0.324 e. The molecule has 1 saturated heterocycles. The minimum Gasteiger partial charge on any atom is -0.497 e. The van der Waals surface area contributed by atoms with E-state index >= 15 is 0 Å². The molecule has 0 aromatic heterocycles. The van der Waals surface area contributed by atoms with Crippen molar-refractivity contribution in [1.29, 1.82) is 0 Å². The van der Waals surface area contributed by atoms with Gasteiger partial charge in [0.1, 0.15) is 11.4 Å². The Bertz CT molecular complexity index is 592. The van der Waals surface area contributed by atoms with Crippen LogP contribution in [0.1, 0.15) is 27.2 Å². The van der Waals surface area contributed by atoms with E-state index < -0.39 is 5.60 Å². The number of methoxy groups -OCH3 is 1. The van der Waals surface area contributed by atoms with Crippen molar-refractivity contribution in [3.8, 4) is 5.75 Å². The van der Waals surface area contributed by atoms with Gasteiger partial charge in [0, 0.05) is 31.7 Å². The number of carbonyl (C=O) groups excluding carboxylic acids is 2. The summed E-state index contributed by atoms with van der Waals surface area (Å²) in [5, 5.41) is 0. The van der Waals surface area contributed by atoms with Crippen LogP contribution >= 0.6 is 0 Å². The van der Waals surface area contributed by atoms with Gasteiger partial charge < -0.3 is 14.4 Å². The van der Waals surface area contributed by atoms with Crippen LogP contribution in [0.15, 0.2) is 24.3 Å². The topological polar surface area (TPSA) is 59.1 Å². The van der Waals surface area contributed by atoms with E-state index in [4.69, 9.17) is 9.47 Å². The molecule has 6 nitrogen and oxygen atoms in total. The standard InChI is InChI=1S/C18H26N2O4/c1-18(2,3)24-16(21)10-13-11-19(4)17(22)20(12-13)14-6-8-15(23-5)9-7-14/h6-9,13H,10-12H2,1-5H3. The molecule has 0 saturated carbocycles. The number of amides is 2. The van der Waals surface area contributed by atoms with Crippen molar-refractivity contribution in [2.45, 2.75) is 32.8 Å². The van der Waals surface area contributed by atoms with Gasteiger partial charge in [-0.3, -0.25) is 9.69 Å². The zero-order valence-corrected chi connectivity index (χ0v) is 15.0. The molecule has 2 amide bonds. The predicted molar refractivity (Wildman–Crippen MR) is 92.3 cm³/mol. The number of rotatable bonds is 4. The van der Waals surface area contributed by atoms with Crippen LogP contribution in [0, 0.1) is 5.92 Å². The monoisotopic (exact) mass is 334 g/mol. The highest BCUT2D eigenvalue weighted by molar-refractivity contribution is 5.92. The molecule has 0 radical (unpaired) electrons. The van der Waals surface area contributed by atoms with Crippen LogP contribution in [-0.4, -0.2) is 49.7 Å². The molecule has 1 atom stereocenters. The molecular formula is C18H26N2O4. The number of benzene rings is 1. The number of ether oxygens (including phenoxy) is 2. The van der Waals surface area contributed by atoms with E-state index in [0.717, 1.165) is 11.4 Å². The van der Waals surface area contributed by atoms with Crippen molar-refractivity contribution in [2.24, 2.45) is 5.92 Å². The third-order valence-electron chi connectivity index (χ3n) is 3.79. The minimum absolute atomic E-state index is 0.0321. The summed E-state index contributed by atoms with van der Waals surface area (Å²) in [6.07, 6.45) is 0.293. The fourth-order valence-corrected chi connectivity index (χ4v) is 2.79. The molecule has 0 spiro atoms. The van der Waals surface area contributed by atoms with E-state index in [1.807, 2.05) is 45.0 Å². The molecule has 1 aliphatic rings. The quantitative estimate of drug-likeness (QED) is 0.795. The van der Waals surface area contributed by atoms with E-state index in [1.54, 1.807) is 24.0 Å². The van der Waals surface area contributed by atoms with Crippen molar-refractivity contribution >= 4 is 17.7 Å². The lowest BCUT2D eigenvalue weighted by Crippen LogP contribution is -2.52. The number of hydrogen-bond donors (Lipinski definition) is 0. The molecule has 1 aromatic carbocycles. The van der Waals surface area contributed by atoms with Gasteiger partial charge in [0.2, 0.25) is 0 Å². The van der Waals surface area contributed by atoms with Gasteiger partial charge in [-0.15, -0.1) is 0 Å².